The molecule has 5 rings (SSSR count). The molecule has 0 aliphatic heterocycles. The summed E-state index contributed by atoms with van der Waals surface area (Å²) in [6.45, 7) is 5.00. The highest BCUT2D eigenvalue weighted by Crippen LogP contribution is 2.94. The summed E-state index contributed by atoms with van der Waals surface area (Å²) in [4.78, 5) is 0. The van der Waals surface area contributed by atoms with E-state index in [9.17, 15) is 0 Å². The first kappa shape index (κ1) is 12.7. The topological polar surface area (TPSA) is 0 Å². The van der Waals surface area contributed by atoms with E-state index in [2.05, 4.69) is 86.7 Å². The van der Waals surface area contributed by atoms with Crippen molar-refractivity contribution in [1.82, 2.24) is 0 Å². The van der Waals surface area contributed by atoms with Crippen LogP contribution in [-0.4, -0.2) is 0 Å². The number of hydrogen-bond acceptors (Lipinski definition) is 0. The van der Waals surface area contributed by atoms with Gasteiger partial charge in [-0.15, -0.1) is 0 Å². The third kappa shape index (κ3) is 1.00. The molecule has 0 amide bonds. The summed E-state index contributed by atoms with van der Waals surface area (Å²) in [7, 11) is 0. The van der Waals surface area contributed by atoms with Crippen LogP contribution in [0.3, 0.4) is 0 Å². The first-order valence-corrected chi connectivity index (χ1v) is 8.47. The summed E-state index contributed by atoms with van der Waals surface area (Å²) in [5, 5.41) is 0. The van der Waals surface area contributed by atoms with Crippen LogP contribution in [0.4, 0.5) is 0 Å². The predicted octanol–water partition coefficient (Wildman–Crippen LogP) is 5.11. The highest BCUT2D eigenvalue weighted by Gasteiger charge is 2.95. The fourth-order valence-corrected chi connectivity index (χ4v) is 6.81. The molecule has 2 saturated carbocycles. The summed E-state index contributed by atoms with van der Waals surface area (Å²) in [6.07, 6.45) is 6.18. The maximum Gasteiger partial charge on any atom is 0.0184 e. The van der Waals surface area contributed by atoms with Gasteiger partial charge in [-0.1, -0.05) is 86.7 Å². The van der Waals surface area contributed by atoms with E-state index < -0.39 is 0 Å². The smallest absolute Gasteiger partial charge is 0.0184 e. The molecule has 3 aliphatic carbocycles. The lowest BCUT2D eigenvalue weighted by atomic mass is 9.54. The molecule has 2 fully saturated rings. The molecule has 0 nitrogen and oxygen atoms in total. The SMILES string of the molecule is CC1(C)[C@]2(c3ccccc3)[C@H]3C=CC[C@H]3[C@]12c1ccccc1. The Bertz CT molecular complexity index is 755. The van der Waals surface area contributed by atoms with E-state index in [0.29, 0.717) is 22.2 Å². The summed E-state index contributed by atoms with van der Waals surface area (Å²) in [5.41, 5.74) is 4.02. The lowest BCUT2D eigenvalue weighted by Crippen LogP contribution is -2.49. The fourth-order valence-electron chi connectivity index (χ4n) is 6.81. The van der Waals surface area contributed by atoms with Crippen LogP contribution in [-0.2, 0) is 10.8 Å². The third-order valence-corrected chi connectivity index (χ3v) is 7.21. The Labute approximate surface area is 132 Å². The highest BCUT2D eigenvalue weighted by molar-refractivity contribution is 5.66. The minimum absolute atomic E-state index is 0.292. The van der Waals surface area contributed by atoms with E-state index in [-0.39, 0.29) is 0 Å². The van der Waals surface area contributed by atoms with E-state index in [0.717, 1.165) is 5.92 Å². The molecule has 110 valence electrons. The van der Waals surface area contributed by atoms with Gasteiger partial charge in [0.05, 0.1) is 0 Å². The van der Waals surface area contributed by atoms with Gasteiger partial charge in [-0.2, -0.15) is 0 Å². The van der Waals surface area contributed by atoms with Crippen LogP contribution >= 0.6 is 0 Å². The van der Waals surface area contributed by atoms with Crippen molar-refractivity contribution in [3.63, 3.8) is 0 Å². The maximum atomic E-state index is 2.51. The second-order valence-corrected chi connectivity index (χ2v) is 7.77. The van der Waals surface area contributed by atoms with Crippen molar-refractivity contribution in [2.45, 2.75) is 31.1 Å². The van der Waals surface area contributed by atoms with Gasteiger partial charge in [0.15, 0.2) is 0 Å². The molecule has 0 N–H and O–H groups in total. The second kappa shape index (κ2) is 3.74. The molecule has 0 saturated heterocycles. The fraction of sp³-hybridized carbons (Fsp3) is 0.364. The number of benzene rings is 2. The summed E-state index contributed by atoms with van der Waals surface area (Å²) < 4.78 is 0. The number of rotatable bonds is 2. The Morgan fingerprint density at radius 1 is 0.773 bits per heavy atom. The van der Waals surface area contributed by atoms with Gasteiger partial charge in [-0.05, 0) is 34.8 Å². The van der Waals surface area contributed by atoms with Gasteiger partial charge in [0.1, 0.15) is 0 Å². The minimum Gasteiger partial charge on any atom is -0.0879 e. The maximum absolute atomic E-state index is 2.51. The van der Waals surface area contributed by atoms with E-state index >= 15 is 0 Å². The van der Waals surface area contributed by atoms with Crippen molar-refractivity contribution in [2.75, 3.05) is 0 Å². The van der Waals surface area contributed by atoms with Crippen molar-refractivity contribution in [3.8, 4) is 0 Å². The van der Waals surface area contributed by atoms with E-state index in [1.54, 1.807) is 5.56 Å². The summed E-state index contributed by atoms with van der Waals surface area (Å²) >= 11 is 0. The van der Waals surface area contributed by atoms with Crippen molar-refractivity contribution in [2.24, 2.45) is 17.3 Å². The van der Waals surface area contributed by atoms with Crippen LogP contribution in [0.15, 0.2) is 72.8 Å². The molecule has 3 aliphatic rings. The number of hydrogen-bond donors (Lipinski definition) is 0. The van der Waals surface area contributed by atoms with E-state index in [1.807, 2.05) is 0 Å². The van der Waals surface area contributed by atoms with Crippen LogP contribution < -0.4 is 0 Å². The van der Waals surface area contributed by atoms with Crippen molar-refractivity contribution < 1.29 is 0 Å². The Hall–Kier alpha value is -1.82. The first-order valence-electron chi connectivity index (χ1n) is 8.47. The Kier molecular flexibility index (Phi) is 2.16. The predicted molar refractivity (Wildman–Crippen MR) is 90.8 cm³/mol. The Morgan fingerprint density at radius 3 is 1.91 bits per heavy atom. The average molecular weight is 286 g/mol. The Morgan fingerprint density at radius 2 is 1.32 bits per heavy atom. The lowest BCUT2D eigenvalue weighted by Gasteiger charge is -2.48. The standard InChI is InChI=1S/C22H22/c1-20(2)21(16-10-5-3-6-11-16)18-14-9-15-19(18)22(20,21)17-12-7-4-8-13-17/h3-14,18-19H,15H2,1-2H3/t18-,19+,21-,22+/m0/s1. The lowest BCUT2D eigenvalue weighted by molar-refractivity contribution is 0.145. The van der Waals surface area contributed by atoms with Gasteiger partial charge in [-0.25, -0.2) is 0 Å². The molecule has 0 radical (unpaired) electrons. The van der Waals surface area contributed by atoms with E-state index in [4.69, 9.17) is 0 Å². The molecule has 2 aromatic carbocycles. The monoisotopic (exact) mass is 286 g/mol. The first-order chi connectivity index (χ1) is 10.7. The molecule has 22 heavy (non-hydrogen) atoms. The zero-order chi connectivity index (χ0) is 15.0. The van der Waals surface area contributed by atoms with Gasteiger partial charge in [0, 0.05) is 10.8 Å². The van der Waals surface area contributed by atoms with Gasteiger partial charge >= 0.3 is 0 Å². The molecule has 4 atom stereocenters. The van der Waals surface area contributed by atoms with Crippen molar-refractivity contribution in [1.29, 1.82) is 0 Å². The summed E-state index contributed by atoms with van der Waals surface area (Å²) in [6, 6.07) is 22.6. The molecule has 0 aromatic heterocycles. The second-order valence-electron chi connectivity index (χ2n) is 7.77. The highest BCUT2D eigenvalue weighted by atomic mass is 15.0. The van der Waals surface area contributed by atoms with Crippen LogP contribution in [0.5, 0.6) is 0 Å². The van der Waals surface area contributed by atoms with Crippen LogP contribution in [0.1, 0.15) is 31.4 Å². The average Bonchev–Trinajstić information content (AvgIpc) is 2.78. The molecule has 0 heterocycles. The normalized spacial score (nSPS) is 39.7. The molecule has 0 unspecified atom stereocenters. The van der Waals surface area contributed by atoms with Gasteiger partial charge in [0.25, 0.3) is 0 Å². The molecule has 0 heteroatoms. The molecule has 2 aromatic rings. The quantitative estimate of drug-likeness (QED) is 0.673. The van der Waals surface area contributed by atoms with Crippen LogP contribution in [0.25, 0.3) is 0 Å². The Balaban J connectivity index is 1.78. The van der Waals surface area contributed by atoms with Crippen molar-refractivity contribution >= 4 is 0 Å². The van der Waals surface area contributed by atoms with Crippen molar-refractivity contribution in [3.05, 3.63) is 83.9 Å². The zero-order valence-corrected chi connectivity index (χ0v) is 13.3. The number of fused-ring (bicyclic) bond motifs is 4. The van der Waals surface area contributed by atoms with Crippen LogP contribution in [0.2, 0.25) is 0 Å². The molecule has 0 bridgehead atoms. The third-order valence-electron chi connectivity index (χ3n) is 7.21. The summed E-state index contributed by atoms with van der Waals surface area (Å²) in [5.74, 6) is 1.50. The van der Waals surface area contributed by atoms with Gasteiger partial charge in [0.2, 0.25) is 0 Å². The van der Waals surface area contributed by atoms with Gasteiger partial charge < -0.3 is 0 Å². The largest absolute Gasteiger partial charge is 0.0879 e. The van der Waals surface area contributed by atoms with Gasteiger partial charge in [-0.3, -0.25) is 0 Å². The molecular formula is C22H22. The molecular weight excluding hydrogens is 264 g/mol. The van der Waals surface area contributed by atoms with Crippen LogP contribution in [0, 0.1) is 17.3 Å². The van der Waals surface area contributed by atoms with E-state index in [1.165, 1.54) is 12.0 Å². The zero-order valence-electron chi connectivity index (χ0n) is 13.3. The minimum atomic E-state index is 0.292. The molecule has 0 spiro atoms. The number of allylic oxidation sites excluding steroid dienone is 2.